The van der Waals surface area contributed by atoms with Crippen molar-refractivity contribution in [1.82, 2.24) is 10.2 Å². The molecule has 0 aromatic rings. The summed E-state index contributed by atoms with van der Waals surface area (Å²) >= 11 is 0. The van der Waals surface area contributed by atoms with Gasteiger partial charge in [-0.05, 0) is 19.8 Å². The summed E-state index contributed by atoms with van der Waals surface area (Å²) in [5, 5.41) is 3.03. The van der Waals surface area contributed by atoms with Gasteiger partial charge in [-0.1, -0.05) is 26.7 Å². The third-order valence-electron chi connectivity index (χ3n) is 3.40. The number of ether oxygens (including phenoxy) is 1. The highest BCUT2D eigenvalue weighted by molar-refractivity contribution is 5.74. The molecule has 1 saturated heterocycles. The monoisotopic (exact) mass is 242 g/mol. The highest BCUT2D eigenvalue weighted by atomic mass is 16.5. The Bertz CT molecular complexity index is 232. The minimum Gasteiger partial charge on any atom is -0.372 e. The molecule has 2 amide bonds. The molecule has 100 valence electrons. The fourth-order valence-electron chi connectivity index (χ4n) is 2.26. The molecule has 0 saturated carbocycles. The van der Waals surface area contributed by atoms with Crippen LogP contribution in [0.1, 0.15) is 40.5 Å². The summed E-state index contributed by atoms with van der Waals surface area (Å²) in [5.41, 5.74) is 0. The van der Waals surface area contributed by atoms with Crippen LogP contribution in [0, 0.1) is 5.92 Å². The van der Waals surface area contributed by atoms with Crippen LogP contribution in [0.25, 0.3) is 0 Å². The third kappa shape index (κ3) is 4.54. The van der Waals surface area contributed by atoms with Gasteiger partial charge in [0.1, 0.15) is 0 Å². The lowest BCUT2D eigenvalue weighted by molar-refractivity contribution is -0.0545. The number of nitrogens with one attached hydrogen (secondary N) is 1. The second-order valence-corrected chi connectivity index (χ2v) is 5.03. The van der Waals surface area contributed by atoms with E-state index in [0.717, 1.165) is 19.4 Å². The van der Waals surface area contributed by atoms with Crippen LogP contribution in [0.3, 0.4) is 0 Å². The van der Waals surface area contributed by atoms with Crippen LogP contribution in [-0.2, 0) is 4.74 Å². The Labute approximate surface area is 105 Å². The molecule has 0 aromatic heterocycles. The van der Waals surface area contributed by atoms with E-state index in [0.29, 0.717) is 19.0 Å². The van der Waals surface area contributed by atoms with Gasteiger partial charge in [-0.15, -0.1) is 0 Å². The molecule has 2 atom stereocenters. The van der Waals surface area contributed by atoms with Gasteiger partial charge in [-0.2, -0.15) is 0 Å². The number of morpholine rings is 1. The van der Waals surface area contributed by atoms with E-state index >= 15 is 0 Å². The molecule has 1 fully saturated rings. The Morgan fingerprint density at radius 3 is 2.29 bits per heavy atom. The summed E-state index contributed by atoms with van der Waals surface area (Å²) in [6.45, 7) is 10.5. The van der Waals surface area contributed by atoms with Crippen LogP contribution in [0.15, 0.2) is 0 Å². The van der Waals surface area contributed by atoms with Crippen molar-refractivity contribution in [3.8, 4) is 0 Å². The SMILES string of the molecule is CCC(CC)CNC(=O)N1C[C@H](C)O[C@@H](C)C1. The number of urea groups is 1. The summed E-state index contributed by atoms with van der Waals surface area (Å²) in [4.78, 5) is 13.8. The van der Waals surface area contributed by atoms with Gasteiger partial charge in [0.2, 0.25) is 0 Å². The average molecular weight is 242 g/mol. The first-order valence-electron chi connectivity index (χ1n) is 6.75. The van der Waals surface area contributed by atoms with Crippen molar-refractivity contribution in [2.24, 2.45) is 5.92 Å². The summed E-state index contributed by atoms with van der Waals surface area (Å²) in [6.07, 6.45) is 2.51. The highest BCUT2D eigenvalue weighted by Gasteiger charge is 2.25. The zero-order chi connectivity index (χ0) is 12.8. The van der Waals surface area contributed by atoms with Crippen LogP contribution < -0.4 is 5.32 Å². The van der Waals surface area contributed by atoms with Crippen LogP contribution in [0.5, 0.6) is 0 Å². The first-order chi connectivity index (χ1) is 8.06. The van der Waals surface area contributed by atoms with E-state index in [4.69, 9.17) is 4.74 Å². The van der Waals surface area contributed by atoms with E-state index < -0.39 is 0 Å². The quantitative estimate of drug-likeness (QED) is 0.821. The van der Waals surface area contributed by atoms with Crippen molar-refractivity contribution in [1.29, 1.82) is 0 Å². The van der Waals surface area contributed by atoms with Crippen molar-refractivity contribution < 1.29 is 9.53 Å². The minimum absolute atomic E-state index is 0.0545. The molecule has 1 aliphatic heterocycles. The molecule has 0 aliphatic carbocycles. The first-order valence-corrected chi connectivity index (χ1v) is 6.75. The van der Waals surface area contributed by atoms with Gasteiger partial charge >= 0.3 is 6.03 Å². The largest absolute Gasteiger partial charge is 0.372 e. The molecule has 17 heavy (non-hydrogen) atoms. The molecule has 1 N–H and O–H groups in total. The fraction of sp³-hybridized carbons (Fsp3) is 0.923. The Morgan fingerprint density at radius 1 is 1.29 bits per heavy atom. The van der Waals surface area contributed by atoms with E-state index in [-0.39, 0.29) is 18.2 Å². The van der Waals surface area contributed by atoms with Crippen molar-refractivity contribution in [2.75, 3.05) is 19.6 Å². The van der Waals surface area contributed by atoms with Crippen molar-refractivity contribution in [3.63, 3.8) is 0 Å². The molecule has 0 unspecified atom stereocenters. The van der Waals surface area contributed by atoms with Crippen LogP contribution >= 0.6 is 0 Å². The Hall–Kier alpha value is -0.770. The molecule has 0 bridgehead atoms. The number of nitrogens with zero attached hydrogens (tertiary/aromatic N) is 1. The lowest BCUT2D eigenvalue weighted by Gasteiger charge is -2.35. The van der Waals surface area contributed by atoms with E-state index in [1.54, 1.807) is 0 Å². The van der Waals surface area contributed by atoms with Crippen molar-refractivity contribution in [3.05, 3.63) is 0 Å². The van der Waals surface area contributed by atoms with Gasteiger partial charge < -0.3 is 15.0 Å². The van der Waals surface area contributed by atoms with E-state index in [1.165, 1.54) is 0 Å². The predicted octanol–water partition coefficient (Wildman–Crippen LogP) is 2.24. The predicted molar refractivity (Wildman–Crippen MR) is 69.1 cm³/mol. The molecule has 1 heterocycles. The average Bonchev–Trinajstić information content (AvgIpc) is 2.28. The molecule has 0 radical (unpaired) electrons. The maximum atomic E-state index is 12.0. The normalized spacial score (nSPS) is 25.1. The number of carbonyl (C=O) groups is 1. The van der Waals surface area contributed by atoms with Crippen LogP contribution in [-0.4, -0.2) is 42.8 Å². The number of rotatable bonds is 4. The smallest absolute Gasteiger partial charge is 0.317 e. The third-order valence-corrected chi connectivity index (χ3v) is 3.40. The Morgan fingerprint density at radius 2 is 1.82 bits per heavy atom. The minimum atomic E-state index is 0.0545. The molecule has 0 spiro atoms. The zero-order valence-electron chi connectivity index (χ0n) is 11.5. The number of amides is 2. The summed E-state index contributed by atoms with van der Waals surface area (Å²) in [5.74, 6) is 0.592. The Kier molecular flexibility index (Phi) is 5.75. The fourth-order valence-corrected chi connectivity index (χ4v) is 2.26. The number of carbonyl (C=O) groups excluding carboxylic acids is 1. The Balaban J connectivity index is 2.36. The van der Waals surface area contributed by atoms with Gasteiger partial charge in [0.25, 0.3) is 0 Å². The summed E-state index contributed by atoms with van der Waals surface area (Å²) in [7, 11) is 0. The zero-order valence-corrected chi connectivity index (χ0v) is 11.5. The lowest BCUT2D eigenvalue weighted by atomic mass is 10.0. The first kappa shape index (κ1) is 14.3. The van der Waals surface area contributed by atoms with Gasteiger partial charge in [0.15, 0.2) is 0 Å². The van der Waals surface area contributed by atoms with Gasteiger partial charge in [-0.3, -0.25) is 0 Å². The van der Waals surface area contributed by atoms with E-state index in [2.05, 4.69) is 19.2 Å². The molecule has 1 rings (SSSR count). The second kappa shape index (κ2) is 6.84. The van der Waals surface area contributed by atoms with Crippen LogP contribution in [0.2, 0.25) is 0 Å². The van der Waals surface area contributed by atoms with E-state index in [1.807, 2.05) is 18.7 Å². The highest BCUT2D eigenvalue weighted by Crippen LogP contribution is 2.11. The molecule has 0 aromatic carbocycles. The molecular formula is C13H26N2O2. The van der Waals surface area contributed by atoms with Gasteiger partial charge in [0, 0.05) is 19.6 Å². The van der Waals surface area contributed by atoms with Gasteiger partial charge in [0.05, 0.1) is 12.2 Å². The number of hydrogen-bond acceptors (Lipinski definition) is 2. The topological polar surface area (TPSA) is 41.6 Å². The molecule has 4 heteroatoms. The molecule has 1 aliphatic rings. The molecular weight excluding hydrogens is 216 g/mol. The standard InChI is InChI=1S/C13H26N2O2/c1-5-12(6-2)7-14-13(16)15-8-10(3)17-11(4)9-15/h10-12H,5-9H2,1-4H3,(H,14,16)/t10-,11-/m0/s1. The van der Waals surface area contributed by atoms with E-state index in [9.17, 15) is 4.79 Å². The van der Waals surface area contributed by atoms with Crippen LogP contribution in [0.4, 0.5) is 4.79 Å². The maximum Gasteiger partial charge on any atom is 0.317 e. The summed E-state index contributed by atoms with van der Waals surface area (Å²) in [6, 6.07) is 0.0545. The van der Waals surface area contributed by atoms with Crippen molar-refractivity contribution >= 4 is 6.03 Å². The second-order valence-electron chi connectivity index (χ2n) is 5.03. The molecule has 4 nitrogen and oxygen atoms in total. The van der Waals surface area contributed by atoms with Crippen molar-refractivity contribution in [2.45, 2.75) is 52.7 Å². The lowest BCUT2D eigenvalue weighted by Crippen LogP contribution is -2.52. The maximum absolute atomic E-state index is 12.0. The van der Waals surface area contributed by atoms with Gasteiger partial charge in [-0.25, -0.2) is 4.79 Å². The summed E-state index contributed by atoms with van der Waals surface area (Å²) < 4.78 is 5.61. The number of hydrogen-bond donors (Lipinski definition) is 1.